The van der Waals surface area contributed by atoms with Crippen LogP contribution in [0.2, 0.25) is 0 Å². The number of ether oxygens (including phenoxy) is 1. The second-order valence-electron chi connectivity index (χ2n) is 5.39. The van der Waals surface area contributed by atoms with Crippen molar-refractivity contribution in [2.24, 2.45) is 0 Å². The number of phenolic OH excluding ortho intramolecular Hbond substituents is 2. The Morgan fingerprint density at radius 2 is 0.957 bits per heavy atom. The Morgan fingerprint density at radius 1 is 0.609 bits per heavy atom. The summed E-state index contributed by atoms with van der Waals surface area (Å²) in [7, 11) is 1.65. The lowest BCUT2D eigenvalue weighted by Crippen LogP contribution is -2.03. The molecule has 0 bridgehead atoms. The number of rotatable bonds is 4. The molecule has 3 heteroatoms. The molecule has 0 aliphatic heterocycles. The molecular formula is C20H18O3. The van der Waals surface area contributed by atoms with Crippen molar-refractivity contribution in [2.75, 3.05) is 7.11 Å². The second-order valence-corrected chi connectivity index (χ2v) is 5.39. The molecule has 0 saturated carbocycles. The second kappa shape index (κ2) is 6.44. The fourth-order valence-electron chi connectivity index (χ4n) is 2.71. The molecule has 0 fully saturated rings. The van der Waals surface area contributed by atoms with E-state index >= 15 is 0 Å². The van der Waals surface area contributed by atoms with Gasteiger partial charge < -0.3 is 14.9 Å². The van der Waals surface area contributed by atoms with E-state index in [4.69, 9.17) is 4.74 Å². The normalized spacial score (nSPS) is 10.7. The quantitative estimate of drug-likeness (QED) is 0.707. The van der Waals surface area contributed by atoms with E-state index in [-0.39, 0.29) is 17.4 Å². The van der Waals surface area contributed by atoms with Crippen LogP contribution in [-0.4, -0.2) is 17.3 Å². The van der Waals surface area contributed by atoms with Crippen LogP contribution in [0.15, 0.2) is 72.8 Å². The highest BCUT2D eigenvalue weighted by atomic mass is 16.5. The molecule has 0 unspecified atom stereocenters. The van der Waals surface area contributed by atoms with E-state index in [9.17, 15) is 10.2 Å². The minimum absolute atomic E-state index is 0.0158. The van der Waals surface area contributed by atoms with Crippen molar-refractivity contribution in [3.05, 3.63) is 89.5 Å². The van der Waals surface area contributed by atoms with Crippen molar-refractivity contribution in [1.82, 2.24) is 0 Å². The molecule has 0 aliphatic carbocycles. The van der Waals surface area contributed by atoms with Crippen molar-refractivity contribution >= 4 is 0 Å². The maximum atomic E-state index is 9.53. The topological polar surface area (TPSA) is 49.7 Å². The Kier molecular flexibility index (Phi) is 4.20. The van der Waals surface area contributed by atoms with Crippen molar-refractivity contribution < 1.29 is 14.9 Å². The minimum Gasteiger partial charge on any atom is -0.508 e. The van der Waals surface area contributed by atoms with Gasteiger partial charge in [0.05, 0.1) is 7.11 Å². The van der Waals surface area contributed by atoms with Crippen LogP contribution < -0.4 is 4.74 Å². The van der Waals surface area contributed by atoms with E-state index in [0.717, 1.165) is 22.4 Å². The highest BCUT2D eigenvalue weighted by Gasteiger charge is 2.17. The Balaban J connectivity index is 2.08. The van der Waals surface area contributed by atoms with E-state index in [1.54, 1.807) is 31.4 Å². The third-order valence-electron chi connectivity index (χ3n) is 3.90. The van der Waals surface area contributed by atoms with Gasteiger partial charge in [0.25, 0.3) is 0 Å². The molecule has 0 atom stereocenters. The van der Waals surface area contributed by atoms with Crippen molar-refractivity contribution in [2.45, 2.75) is 5.92 Å². The van der Waals surface area contributed by atoms with E-state index in [1.807, 2.05) is 48.5 Å². The van der Waals surface area contributed by atoms with Crippen molar-refractivity contribution in [3.8, 4) is 17.2 Å². The molecule has 0 saturated heterocycles. The predicted octanol–water partition coefficient (Wildman–Crippen LogP) is 4.29. The molecule has 23 heavy (non-hydrogen) atoms. The first-order valence-corrected chi connectivity index (χ1v) is 7.39. The van der Waals surface area contributed by atoms with E-state index in [2.05, 4.69) is 0 Å². The van der Waals surface area contributed by atoms with Gasteiger partial charge in [-0.05, 0) is 53.1 Å². The molecule has 0 spiro atoms. The molecule has 0 radical (unpaired) electrons. The fourth-order valence-corrected chi connectivity index (χ4v) is 2.71. The SMILES string of the molecule is COc1ccc(C(c2ccc(O)cc2)c2ccc(O)cc2)cc1. The van der Waals surface area contributed by atoms with Gasteiger partial charge in [0.1, 0.15) is 17.2 Å². The summed E-state index contributed by atoms with van der Waals surface area (Å²) in [5.41, 5.74) is 3.25. The number of methoxy groups -OCH3 is 1. The molecule has 116 valence electrons. The summed E-state index contributed by atoms with van der Waals surface area (Å²) >= 11 is 0. The zero-order chi connectivity index (χ0) is 16.2. The van der Waals surface area contributed by atoms with Crippen LogP contribution in [0, 0.1) is 0 Å². The Bertz CT molecular complexity index is 714. The van der Waals surface area contributed by atoms with Crippen molar-refractivity contribution in [3.63, 3.8) is 0 Å². The molecule has 3 aromatic rings. The fraction of sp³-hybridized carbons (Fsp3) is 0.100. The van der Waals surface area contributed by atoms with Gasteiger partial charge in [0.15, 0.2) is 0 Å². The largest absolute Gasteiger partial charge is 0.508 e. The summed E-state index contributed by atoms with van der Waals surface area (Å²) in [5.74, 6) is 1.31. The lowest BCUT2D eigenvalue weighted by Gasteiger charge is -2.19. The van der Waals surface area contributed by atoms with Crippen LogP contribution in [0.25, 0.3) is 0 Å². The van der Waals surface area contributed by atoms with Crippen molar-refractivity contribution in [1.29, 1.82) is 0 Å². The summed E-state index contributed by atoms with van der Waals surface area (Å²) in [5, 5.41) is 19.1. The van der Waals surface area contributed by atoms with Crippen LogP contribution in [0.1, 0.15) is 22.6 Å². The molecule has 0 aliphatic rings. The monoisotopic (exact) mass is 306 g/mol. The highest BCUT2D eigenvalue weighted by Crippen LogP contribution is 2.34. The van der Waals surface area contributed by atoms with Gasteiger partial charge in [-0.15, -0.1) is 0 Å². The van der Waals surface area contributed by atoms with E-state index in [0.29, 0.717) is 0 Å². The van der Waals surface area contributed by atoms with E-state index in [1.165, 1.54) is 0 Å². The number of hydrogen-bond donors (Lipinski definition) is 2. The van der Waals surface area contributed by atoms with Gasteiger partial charge in [-0.25, -0.2) is 0 Å². The molecule has 0 amide bonds. The summed E-state index contributed by atoms with van der Waals surface area (Å²) in [6.07, 6.45) is 0. The molecule has 3 nitrogen and oxygen atoms in total. The maximum absolute atomic E-state index is 9.53. The van der Waals surface area contributed by atoms with Gasteiger partial charge in [-0.2, -0.15) is 0 Å². The third kappa shape index (κ3) is 3.29. The number of aromatic hydroxyl groups is 2. The van der Waals surface area contributed by atoms with Gasteiger partial charge >= 0.3 is 0 Å². The van der Waals surface area contributed by atoms with Gasteiger partial charge in [0.2, 0.25) is 0 Å². The van der Waals surface area contributed by atoms with Gasteiger partial charge in [0, 0.05) is 5.92 Å². The first kappa shape index (κ1) is 15.0. The first-order valence-electron chi connectivity index (χ1n) is 7.39. The lowest BCUT2D eigenvalue weighted by molar-refractivity contribution is 0.414. The molecule has 0 heterocycles. The average molecular weight is 306 g/mol. The van der Waals surface area contributed by atoms with Crippen LogP contribution in [0.4, 0.5) is 0 Å². The van der Waals surface area contributed by atoms with Crippen LogP contribution in [0.3, 0.4) is 0 Å². The summed E-state index contributed by atoms with van der Waals surface area (Å²) < 4.78 is 5.23. The first-order chi connectivity index (χ1) is 11.2. The smallest absolute Gasteiger partial charge is 0.118 e. The van der Waals surface area contributed by atoms with Crippen LogP contribution >= 0.6 is 0 Å². The molecule has 3 rings (SSSR count). The van der Waals surface area contributed by atoms with Crippen LogP contribution in [0.5, 0.6) is 17.2 Å². The molecule has 3 aromatic carbocycles. The molecule has 2 N–H and O–H groups in total. The highest BCUT2D eigenvalue weighted by molar-refractivity contribution is 5.46. The number of phenols is 2. The van der Waals surface area contributed by atoms with Gasteiger partial charge in [-0.3, -0.25) is 0 Å². The third-order valence-corrected chi connectivity index (χ3v) is 3.90. The predicted molar refractivity (Wildman–Crippen MR) is 90.2 cm³/mol. The van der Waals surface area contributed by atoms with E-state index < -0.39 is 0 Å². The molecular weight excluding hydrogens is 288 g/mol. The summed E-state index contributed by atoms with van der Waals surface area (Å²) in [4.78, 5) is 0. The average Bonchev–Trinajstić information content (AvgIpc) is 2.59. The maximum Gasteiger partial charge on any atom is 0.118 e. The zero-order valence-corrected chi connectivity index (χ0v) is 12.8. The number of hydrogen-bond acceptors (Lipinski definition) is 3. The number of benzene rings is 3. The minimum atomic E-state index is 0.0158. The standard InChI is InChI=1S/C20H18O3/c1-23-19-12-6-16(7-13-19)20(14-2-8-17(21)9-3-14)15-4-10-18(22)11-5-15/h2-13,20-22H,1H3. The van der Waals surface area contributed by atoms with Crippen LogP contribution in [-0.2, 0) is 0 Å². The summed E-state index contributed by atoms with van der Waals surface area (Å²) in [6.45, 7) is 0. The summed E-state index contributed by atoms with van der Waals surface area (Å²) in [6, 6.07) is 22.3. The Labute approximate surface area is 135 Å². The van der Waals surface area contributed by atoms with Gasteiger partial charge in [-0.1, -0.05) is 36.4 Å². The zero-order valence-electron chi connectivity index (χ0n) is 12.8. The Morgan fingerprint density at radius 3 is 1.30 bits per heavy atom. The molecule has 0 aromatic heterocycles. The lowest BCUT2D eigenvalue weighted by atomic mass is 9.85. The Hall–Kier alpha value is -2.94.